The number of aryl methyl sites for hydroxylation is 1. The number of rotatable bonds is 6. The summed E-state index contributed by atoms with van der Waals surface area (Å²) in [7, 11) is 0. The van der Waals surface area contributed by atoms with Crippen molar-refractivity contribution in [1.29, 1.82) is 0 Å². The smallest absolute Gasteiger partial charge is 0.349 e. The molecule has 2 aromatic carbocycles. The van der Waals surface area contributed by atoms with Crippen LogP contribution in [0, 0.1) is 6.92 Å². The molecule has 6 nitrogen and oxygen atoms in total. The van der Waals surface area contributed by atoms with Gasteiger partial charge in [0.1, 0.15) is 4.88 Å². The molecular formula is C22H19NO5S. The van der Waals surface area contributed by atoms with Crippen molar-refractivity contribution in [1.82, 2.24) is 5.32 Å². The fourth-order valence-corrected chi connectivity index (χ4v) is 3.74. The van der Waals surface area contributed by atoms with E-state index in [0.29, 0.717) is 22.9 Å². The van der Waals surface area contributed by atoms with Gasteiger partial charge in [-0.1, -0.05) is 35.9 Å². The van der Waals surface area contributed by atoms with Crippen molar-refractivity contribution in [3.05, 3.63) is 69.9 Å². The molecule has 29 heavy (non-hydrogen) atoms. The third-order valence-electron chi connectivity index (χ3n) is 4.47. The highest BCUT2D eigenvalue weighted by Gasteiger charge is 2.18. The topological polar surface area (TPSA) is 73.9 Å². The molecule has 4 rings (SSSR count). The van der Waals surface area contributed by atoms with Crippen molar-refractivity contribution < 1.29 is 23.8 Å². The molecule has 1 aliphatic heterocycles. The van der Waals surface area contributed by atoms with Crippen LogP contribution in [0.15, 0.2) is 53.9 Å². The Labute approximate surface area is 172 Å². The lowest BCUT2D eigenvalue weighted by molar-refractivity contribution is -0.124. The molecule has 1 amide bonds. The monoisotopic (exact) mass is 409 g/mol. The van der Waals surface area contributed by atoms with Crippen LogP contribution in [0.5, 0.6) is 11.5 Å². The van der Waals surface area contributed by atoms with Crippen LogP contribution >= 0.6 is 11.3 Å². The summed E-state index contributed by atoms with van der Waals surface area (Å²) in [6.45, 7) is 2.18. The minimum Gasteiger partial charge on any atom is -0.454 e. The van der Waals surface area contributed by atoms with Gasteiger partial charge < -0.3 is 19.5 Å². The van der Waals surface area contributed by atoms with Crippen molar-refractivity contribution >= 4 is 23.2 Å². The van der Waals surface area contributed by atoms with Crippen molar-refractivity contribution in [3.8, 4) is 22.6 Å². The predicted molar refractivity (Wildman–Crippen MR) is 109 cm³/mol. The summed E-state index contributed by atoms with van der Waals surface area (Å²) in [5.74, 6) is 0.470. The summed E-state index contributed by atoms with van der Waals surface area (Å²) in [4.78, 5) is 25.0. The van der Waals surface area contributed by atoms with E-state index in [4.69, 9.17) is 14.2 Å². The van der Waals surface area contributed by atoms with Crippen LogP contribution in [-0.4, -0.2) is 25.3 Å². The quantitative estimate of drug-likeness (QED) is 0.625. The number of carbonyl (C=O) groups is 2. The second kappa shape index (κ2) is 8.36. The summed E-state index contributed by atoms with van der Waals surface area (Å²) in [5, 5.41) is 4.57. The SMILES string of the molecule is Cc1ccc(-c2ccsc2C(=O)OCC(=O)NCc2ccc3c(c2)OCO3)cc1. The fraction of sp³-hybridized carbons (Fsp3) is 0.182. The molecule has 0 atom stereocenters. The number of nitrogens with one attached hydrogen (secondary N) is 1. The standard InChI is InChI=1S/C22H19NO5S/c1-14-2-5-16(6-3-14)17-8-9-29-21(17)22(25)26-12-20(24)23-11-15-4-7-18-19(10-15)28-13-27-18/h2-10H,11-13H2,1H3,(H,23,24). The van der Waals surface area contributed by atoms with E-state index in [1.54, 1.807) is 6.07 Å². The van der Waals surface area contributed by atoms with Crippen LogP contribution in [0.4, 0.5) is 0 Å². The van der Waals surface area contributed by atoms with Crippen molar-refractivity contribution in [3.63, 3.8) is 0 Å². The largest absolute Gasteiger partial charge is 0.454 e. The number of ether oxygens (including phenoxy) is 3. The van der Waals surface area contributed by atoms with Crippen LogP contribution in [0.25, 0.3) is 11.1 Å². The molecule has 1 aliphatic rings. The van der Waals surface area contributed by atoms with E-state index in [0.717, 1.165) is 22.3 Å². The zero-order chi connectivity index (χ0) is 20.2. The number of amides is 1. The number of hydrogen-bond donors (Lipinski definition) is 1. The lowest BCUT2D eigenvalue weighted by Crippen LogP contribution is -2.28. The van der Waals surface area contributed by atoms with Crippen molar-refractivity contribution in [2.75, 3.05) is 13.4 Å². The summed E-state index contributed by atoms with van der Waals surface area (Å²) in [5.41, 5.74) is 3.76. The number of hydrogen-bond acceptors (Lipinski definition) is 6. The zero-order valence-electron chi connectivity index (χ0n) is 15.8. The minimum atomic E-state index is -0.506. The van der Waals surface area contributed by atoms with Gasteiger partial charge in [0, 0.05) is 12.1 Å². The Hall–Kier alpha value is -3.32. The molecule has 0 bridgehead atoms. The Morgan fingerprint density at radius 3 is 2.69 bits per heavy atom. The summed E-state index contributed by atoms with van der Waals surface area (Å²) < 4.78 is 15.8. The van der Waals surface area contributed by atoms with Gasteiger partial charge in [0.15, 0.2) is 18.1 Å². The second-order valence-electron chi connectivity index (χ2n) is 6.57. The average Bonchev–Trinajstić information content (AvgIpc) is 3.40. The van der Waals surface area contributed by atoms with Gasteiger partial charge in [-0.2, -0.15) is 0 Å². The Kier molecular flexibility index (Phi) is 5.48. The number of carbonyl (C=O) groups excluding carboxylic acids is 2. The first-order valence-electron chi connectivity index (χ1n) is 9.07. The van der Waals surface area contributed by atoms with Gasteiger partial charge in [0.05, 0.1) is 0 Å². The molecule has 0 saturated heterocycles. The molecule has 0 spiro atoms. The van der Waals surface area contributed by atoms with Gasteiger partial charge in [-0.15, -0.1) is 11.3 Å². The van der Waals surface area contributed by atoms with Crippen LogP contribution in [0.2, 0.25) is 0 Å². The van der Waals surface area contributed by atoms with E-state index >= 15 is 0 Å². The maximum atomic E-state index is 12.5. The van der Waals surface area contributed by atoms with Crippen molar-refractivity contribution in [2.45, 2.75) is 13.5 Å². The van der Waals surface area contributed by atoms with Gasteiger partial charge in [0.2, 0.25) is 6.79 Å². The first-order valence-corrected chi connectivity index (χ1v) is 9.95. The van der Waals surface area contributed by atoms with Gasteiger partial charge in [-0.25, -0.2) is 4.79 Å². The molecule has 7 heteroatoms. The first-order chi connectivity index (χ1) is 14.1. The lowest BCUT2D eigenvalue weighted by atomic mass is 10.1. The number of esters is 1. The molecule has 0 unspecified atom stereocenters. The second-order valence-corrected chi connectivity index (χ2v) is 7.49. The first kappa shape index (κ1) is 19.0. The molecule has 1 N–H and O–H groups in total. The fourth-order valence-electron chi connectivity index (χ4n) is 2.93. The van der Waals surface area contributed by atoms with Gasteiger partial charge in [-0.3, -0.25) is 4.79 Å². The van der Waals surface area contributed by atoms with Crippen LogP contribution < -0.4 is 14.8 Å². The van der Waals surface area contributed by atoms with Crippen LogP contribution in [-0.2, 0) is 16.1 Å². The predicted octanol–water partition coefficient (Wildman–Crippen LogP) is 3.93. The highest BCUT2D eigenvalue weighted by atomic mass is 32.1. The lowest BCUT2D eigenvalue weighted by Gasteiger charge is -2.08. The summed E-state index contributed by atoms with van der Waals surface area (Å²) >= 11 is 1.30. The average molecular weight is 409 g/mol. The highest BCUT2D eigenvalue weighted by Crippen LogP contribution is 2.32. The van der Waals surface area contributed by atoms with Gasteiger partial charge in [-0.05, 0) is 41.6 Å². The van der Waals surface area contributed by atoms with Crippen molar-refractivity contribution in [2.24, 2.45) is 0 Å². The zero-order valence-corrected chi connectivity index (χ0v) is 16.6. The third-order valence-corrected chi connectivity index (χ3v) is 5.37. The normalized spacial score (nSPS) is 11.9. The van der Waals surface area contributed by atoms with Gasteiger partial charge >= 0.3 is 5.97 Å². The third kappa shape index (κ3) is 4.41. The van der Waals surface area contributed by atoms with E-state index in [1.165, 1.54) is 11.3 Å². The maximum Gasteiger partial charge on any atom is 0.349 e. The number of thiophene rings is 1. The van der Waals surface area contributed by atoms with E-state index < -0.39 is 5.97 Å². The Morgan fingerprint density at radius 1 is 1.07 bits per heavy atom. The Balaban J connectivity index is 1.31. The van der Waals surface area contributed by atoms with Crippen LogP contribution in [0.1, 0.15) is 20.8 Å². The minimum absolute atomic E-state index is 0.203. The van der Waals surface area contributed by atoms with Gasteiger partial charge in [0.25, 0.3) is 5.91 Å². The van der Waals surface area contributed by atoms with Crippen LogP contribution in [0.3, 0.4) is 0 Å². The molecule has 0 radical (unpaired) electrons. The molecule has 1 aromatic heterocycles. The van der Waals surface area contributed by atoms with E-state index in [1.807, 2.05) is 54.8 Å². The van der Waals surface area contributed by atoms with E-state index in [2.05, 4.69) is 5.32 Å². The molecule has 2 heterocycles. The number of benzene rings is 2. The number of fused-ring (bicyclic) bond motifs is 1. The van der Waals surface area contributed by atoms with E-state index in [-0.39, 0.29) is 19.3 Å². The summed E-state index contributed by atoms with van der Waals surface area (Å²) in [6, 6.07) is 15.3. The highest BCUT2D eigenvalue weighted by molar-refractivity contribution is 7.12. The summed E-state index contributed by atoms with van der Waals surface area (Å²) in [6.07, 6.45) is 0. The molecule has 148 valence electrons. The molecular weight excluding hydrogens is 390 g/mol. The molecule has 0 saturated carbocycles. The molecule has 0 aliphatic carbocycles. The Morgan fingerprint density at radius 2 is 1.86 bits per heavy atom. The molecule has 3 aromatic rings. The molecule has 0 fully saturated rings. The van der Waals surface area contributed by atoms with E-state index in [9.17, 15) is 9.59 Å². The Bertz CT molecular complexity index is 1040. The maximum absolute atomic E-state index is 12.5.